The van der Waals surface area contributed by atoms with Crippen molar-refractivity contribution in [1.29, 1.82) is 0 Å². The summed E-state index contributed by atoms with van der Waals surface area (Å²) in [6.45, 7) is 0. The Kier molecular flexibility index (Phi) is 9.64. The van der Waals surface area contributed by atoms with E-state index in [1.54, 1.807) is 11.3 Å². The van der Waals surface area contributed by atoms with Crippen LogP contribution in [0, 0.1) is 0 Å². The van der Waals surface area contributed by atoms with Crippen LogP contribution in [0.3, 0.4) is 0 Å². The van der Waals surface area contributed by atoms with Crippen LogP contribution in [0.4, 0.5) is 0 Å². The van der Waals surface area contributed by atoms with E-state index in [0.717, 1.165) is 121 Å². The van der Waals surface area contributed by atoms with Gasteiger partial charge in [0.15, 0.2) is 11.6 Å². The first-order chi connectivity index (χ1) is 41.6. The first kappa shape index (κ1) is 46.2. The Morgan fingerprint density at radius 1 is 0.393 bits per heavy atom. The highest BCUT2D eigenvalue weighted by Crippen LogP contribution is 2.50. The number of benzene rings is 10. The van der Waals surface area contributed by atoms with Gasteiger partial charge in [-0.2, -0.15) is 9.97 Å². The van der Waals surface area contributed by atoms with Gasteiger partial charge in [0.2, 0.25) is 11.9 Å². The van der Waals surface area contributed by atoms with Crippen molar-refractivity contribution in [2.75, 3.05) is 0 Å². The second-order valence-electron chi connectivity index (χ2n) is 21.8. The van der Waals surface area contributed by atoms with E-state index in [-0.39, 0.29) is 5.92 Å². The molecule has 1 aliphatic heterocycles. The van der Waals surface area contributed by atoms with Gasteiger partial charge in [-0.15, -0.1) is 23.1 Å². The zero-order valence-electron chi connectivity index (χ0n) is 44.4. The van der Waals surface area contributed by atoms with Crippen molar-refractivity contribution in [3.05, 3.63) is 248 Å². The number of hydrogen-bond acceptors (Lipinski definition) is 9. The van der Waals surface area contributed by atoms with Crippen LogP contribution in [0.1, 0.15) is 17.3 Å². The van der Waals surface area contributed by atoms with Crippen molar-refractivity contribution in [2.24, 2.45) is 0 Å². The van der Waals surface area contributed by atoms with Crippen LogP contribution in [0.25, 0.3) is 159 Å². The monoisotopic (exact) mass is 1110 g/mol. The highest BCUT2D eigenvalue weighted by Gasteiger charge is 2.33. The van der Waals surface area contributed by atoms with Gasteiger partial charge < -0.3 is 8.83 Å². The summed E-state index contributed by atoms with van der Waals surface area (Å²) in [5.74, 6) is 2.47. The number of rotatable bonds is 6. The Morgan fingerprint density at radius 2 is 0.976 bits per heavy atom. The lowest BCUT2D eigenvalue weighted by Crippen LogP contribution is -2.12. The Hall–Kier alpha value is -10.5. The summed E-state index contributed by atoms with van der Waals surface area (Å²) in [6, 6.07) is 76.9. The molecule has 2 unspecified atom stereocenters. The smallest absolute Gasteiger partial charge is 0.238 e. The summed E-state index contributed by atoms with van der Waals surface area (Å²) >= 11 is 3.73. The minimum atomic E-state index is 0.186. The molecule has 84 heavy (non-hydrogen) atoms. The number of aromatic nitrogens is 7. The third-order valence-electron chi connectivity index (χ3n) is 17.2. The molecule has 17 aromatic rings. The van der Waals surface area contributed by atoms with Gasteiger partial charge >= 0.3 is 0 Å². The molecular weight excluding hydrogens is 1070 g/mol. The topological polar surface area (TPSA) is 101 Å². The lowest BCUT2D eigenvalue weighted by Gasteiger charge is -2.19. The second-order valence-corrected chi connectivity index (χ2v) is 24.1. The van der Waals surface area contributed by atoms with Crippen molar-refractivity contribution in [2.45, 2.75) is 16.1 Å². The minimum Gasteiger partial charge on any atom is -0.456 e. The van der Waals surface area contributed by atoms with Crippen LogP contribution in [0.5, 0.6) is 0 Å². The highest BCUT2D eigenvalue weighted by molar-refractivity contribution is 8.00. The van der Waals surface area contributed by atoms with E-state index < -0.39 is 0 Å². The fourth-order valence-electron chi connectivity index (χ4n) is 13.3. The minimum absolute atomic E-state index is 0.186. The summed E-state index contributed by atoms with van der Waals surface area (Å²) in [5.41, 5.74) is 13.9. The standard InChI is InChI=1S/C73H41N7O2S2/c1-7-19-57-44(13-1)49-29-30-59-68(69(49)80(57)73-77-70(42-27-33-66-53(37-42)47-16-5-11-23-64(47)83-66)76-71(78-73)43-28-34-67-54(38-43)48-17-6-12-24-65(48)84-67)50-18-2-8-20-58(50)79(59)72-74-55(40-25-31-62-51(35-40)45-14-3-9-21-60(45)81-62)39-56(75-72)41-26-32-63-52(36-41)46-15-4-10-22-61(46)82-63/h1-39,53,66H. The summed E-state index contributed by atoms with van der Waals surface area (Å²) in [6.07, 6.45) is 6.91. The molecule has 2 atom stereocenters. The zero-order chi connectivity index (χ0) is 54.7. The number of furan rings is 2. The van der Waals surface area contributed by atoms with Gasteiger partial charge in [-0.05, 0) is 109 Å². The van der Waals surface area contributed by atoms with Crippen molar-refractivity contribution < 1.29 is 8.83 Å². The molecule has 7 aromatic heterocycles. The summed E-state index contributed by atoms with van der Waals surface area (Å²) in [4.78, 5) is 29.1. The lowest BCUT2D eigenvalue weighted by molar-refractivity contribution is 0.668. The molecule has 0 N–H and O–H groups in total. The Balaban J connectivity index is 0.869. The molecule has 1 aliphatic carbocycles. The Morgan fingerprint density at radius 3 is 1.74 bits per heavy atom. The predicted molar refractivity (Wildman–Crippen MR) is 344 cm³/mol. The highest BCUT2D eigenvalue weighted by atomic mass is 32.2. The van der Waals surface area contributed by atoms with E-state index in [2.05, 4.69) is 221 Å². The average molecular weight is 1110 g/mol. The van der Waals surface area contributed by atoms with Gasteiger partial charge in [-0.3, -0.25) is 9.13 Å². The number of allylic oxidation sites excluding steroid dienone is 3. The molecule has 0 saturated heterocycles. The van der Waals surface area contributed by atoms with Crippen LogP contribution in [-0.4, -0.2) is 39.3 Å². The SMILES string of the molecule is C1=CC2Sc3ccccc3C2C=C1c1nc(-c2ccc3sc4ccccc4c3c2)nc(-n2c3ccccc3c3ccc4c(c5ccccc5n4-c4nc(-c5ccc6oc7ccccc7c6c5)cc(-c5ccc6oc7ccccc7c6c5)n4)c32)n1. The molecular formula is C73H41N7O2S2. The molecule has 9 nitrogen and oxygen atoms in total. The molecule has 0 spiro atoms. The fraction of sp³-hybridized carbons (Fsp3) is 0.0274. The summed E-state index contributed by atoms with van der Waals surface area (Å²) in [5, 5.41) is 11.1. The molecule has 0 saturated carbocycles. The maximum atomic E-state index is 6.34. The first-order valence-electron chi connectivity index (χ1n) is 28.1. The molecule has 2 aliphatic rings. The molecule has 0 fully saturated rings. The molecule has 19 rings (SSSR count). The second kappa shape index (κ2) is 17.5. The predicted octanol–water partition coefficient (Wildman–Crippen LogP) is 19.2. The number of para-hydroxylation sites is 4. The third kappa shape index (κ3) is 6.82. The molecule has 11 heteroatoms. The van der Waals surface area contributed by atoms with E-state index in [4.69, 9.17) is 33.8 Å². The fourth-order valence-corrected chi connectivity index (χ4v) is 15.7. The van der Waals surface area contributed by atoms with E-state index in [9.17, 15) is 0 Å². The molecule has 10 aromatic carbocycles. The van der Waals surface area contributed by atoms with Gasteiger partial charge in [-0.1, -0.05) is 133 Å². The van der Waals surface area contributed by atoms with Crippen molar-refractivity contribution >= 4 is 136 Å². The Bertz CT molecular complexity index is 5650. The summed E-state index contributed by atoms with van der Waals surface area (Å²) < 4.78 is 19.6. The molecule has 0 amide bonds. The number of thiophene rings is 1. The van der Waals surface area contributed by atoms with Crippen molar-refractivity contribution in [1.82, 2.24) is 34.1 Å². The molecule has 0 radical (unpaired) electrons. The molecule has 392 valence electrons. The van der Waals surface area contributed by atoms with Crippen LogP contribution < -0.4 is 0 Å². The van der Waals surface area contributed by atoms with Crippen LogP contribution >= 0.6 is 23.1 Å². The van der Waals surface area contributed by atoms with Crippen LogP contribution in [-0.2, 0) is 0 Å². The van der Waals surface area contributed by atoms with Gasteiger partial charge in [0.25, 0.3) is 0 Å². The van der Waals surface area contributed by atoms with Gasteiger partial charge in [0, 0.05) is 102 Å². The van der Waals surface area contributed by atoms with Crippen molar-refractivity contribution in [3.63, 3.8) is 0 Å². The maximum absolute atomic E-state index is 6.34. The average Bonchev–Trinajstić information content (AvgIpc) is 2.24. The number of nitrogens with zero attached hydrogens (tertiary/aromatic N) is 7. The lowest BCUT2D eigenvalue weighted by atomic mass is 9.89. The number of fused-ring (bicyclic) bond motifs is 19. The maximum Gasteiger partial charge on any atom is 0.238 e. The van der Waals surface area contributed by atoms with Gasteiger partial charge in [0.05, 0.1) is 33.5 Å². The summed E-state index contributed by atoms with van der Waals surface area (Å²) in [7, 11) is 0. The normalized spacial score (nSPS) is 15.1. The van der Waals surface area contributed by atoms with Gasteiger partial charge in [-0.25, -0.2) is 15.0 Å². The van der Waals surface area contributed by atoms with Crippen LogP contribution in [0.2, 0.25) is 0 Å². The van der Waals surface area contributed by atoms with E-state index in [0.29, 0.717) is 28.8 Å². The molecule has 0 bridgehead atoms. The quantitative estimate of drug-likeness (QED) is 0.162. The number of hydrogen-bond donors (Lipinski definition) is 0. The molecule has 8 heterocycles. The van der Waals surface area contributed by atoms with E-state index in [1.165, 1.54) is 30.6 Å². The van der Waals surface area contributed by atoms with Gasteiger partial charge in [0.1, 0.15) is 22.3 Å². The van der Waals surface area contributed by atoms with Crippen molar-refractivity contribution in [3.8, 4) is 45.8 Å². The Labute approximate surface area is 486 Å². The van der Waals surface area contributed by atoms with E-state index >= 15 is 0 Å². The largest absolute Gasteiger partial charge is 0.456 e. The first-order valence-corrected chi connectivity index (χ1v) is 29.8. The van der Waals surface area contributed by atoms with E-state index in [1.807, 2.05) is 36.0 Å². The zero-order valence-corrected chi connectivity index (χ0v) is 46.1. The third-order valence-corrected chi connectivity index (χ3v) is 19.7. The van der Waals surface area contributed by atoms with Crippen LogP contribution in [0.15, 0.2) is 250 Å². The number of thioether (sulfide) groups is 1.